The lowest BCUT2D eigenvalue weighted by Gasteiger charge is -2.06. The molecule has 0 spiro atoms. The van der Waals surface area contributed by atoms with Gasteiger partial charge in [0.15, 0.2) is 0 Å². The normalized spacial score (nSPS) is 11.4. The first kappa shape index (κ1) is 19.3. The highest BCUT2D eigenvalue weighted by atomic mass is 16.5. The lowest BCUT2D eigenvalue weighted by molar-refractivity contribution is 0.0697. The lowest BCUT2D eigenvalue weighted by atomic mass is 10.1. The number of rotatable bonds is 5. The molecule has 5 rings (SSSR count). The van der Waals surface area contributed by atoms with Gasteiger partial charge in [-0.1, -0.05) is 6.07 Å². The second-order valence-corrected chi connectivity index (χ2v) is 7.17. The van der Waals surface area contributed by atoms with Crippen LogP contribution in [0, 0.1) is 0 Å². The van der Waals surface area contributed by atoms with Crippen LogP contribution in [0.5, 0.6) is 11.5 Å². The van der Waals surface area contributed by atoms with Gasteiger partial charge in [0.2, 0.25) is 0 Å². The largest absolute Gasteiger partial charge is 0.478 e. The summed E-state index contributed by atoms with van der Waals surface area (Å²) in [4.78, 5) is 34.0. The van der Waals surface area contributed by atoms with Crippen molar-refractivity contribution in [3.63, 3.8) is 0 Å². The molecule has 3 aromatic carbocycles. The Morgan fingerprint density at radius 1 is 0.906 bits per heavy atom. The molecule has 0 fully saturated rings. The molecule has 3 N–H and O–H groups in total. The summed E-state index contributed by atoms with van der Waals surface area (Å²) in [6, 6.07) is 20.9. The zero-order chi connectivity index (χ0) is 22.1. The fourth-order valence-corrected chi connectivity index (χ4v) is 3.56. The Morgan fingerprint density at radius 3 is 2.31 bits per heavy atom. The number of hydrogen-bond acceptors (Lipinski definition) is 4. The summed E-state index contributed by atoms with van der Waals surface area (Å²) in [5.74, 6) is 0.135. The highest BCUT2D eigenvalue weighted by Crippen LogP contribution is 2.26. The van der Waals surface area contributed by atoms with Crippen molar-refractivity contribution >= 4 is 39.7 Å². The molecule has 0 aliphatic carbocycles. The summed E-state index contributed by atoms with van der Waals surface area (Å²) in [6.07, 6.45) is 3.42. The third-order valence-electron chi connectivity index (χ3n) is 5.12. The van der Waals surface area contributed by atoms with Crippen LogP contribution < -0.4 is 10.3 Å². The third-order valence-corrected chi connectivity index (χ3v) is 5.12. The number of pyridine rings is 1. The van der Waals surface area contributed by atoms with Crippen LogP contribution in [0.3, 0.4) is 0 Å². The van der Waals surface area contributed by atoms with Gasteiger partial charge in [0.05, 0.1) is 16.8 Å². The maximum absolute atomic E-state index is 12.5. The number of aromatic nitrogens is 2. The predicted molar refractivity (Wildman–Crippen MR) is 124 cm³/mol. The molecule has 156 valence electrons. The standard InChI is InChI=1S/C25H17N3O4/c29-24-20(23-19-2-1-13-26-21(19)11-12-22(23)28-24)14-27-16-5-9-18(10-6-16)32-17-7-3-15(4-8-17)25(30)31/h1-14,26H,(H,28,29)(H,30,31). The molecule has 0 unspecified atom stereocenters. The summed E-state index contributed by atoms with van der Waals surface area (Å²) >= 11 is 0. The minimum absolute atomic E-state index is 0.190. The predicted octanol–water partition coefficient (Wildman–Crippen LogP) is 5.25. The van der Waals surface area contributed by atoms with Gasteiger partial charge in [0.1, 0.15) is 11.5 Å². The number of hydrogen-bond donors (Lipinski definition) is 3. The maximum atomic E-state index is 12.5. The van der Waals surface area contributed by atoms with Crippen LogP contribution in [0.4, 0.5) is 5.69 Å². The Bertz CT molecular complexity index is 1530. The first-order valence-electron chi connectivity index (χ1n) is 9.86. The van der Waals surface area contributed by atoms with Crippen molar-refractivity contribution in [1.29, 1.82) is 0 Å². The van der Waals surface area contributed by atoms with Crippen molar-refractivity contribution in [2.45, 2.75) is 0 Å². The van der Waals surface area contributed by atoms with E-state index in [9.17, 15) is 9.59 Å². The van der Waals surface area contributed by atoms with Gasteiger partial charge in [-0.3, -0.25) is 9.79 Å². The number of carboxylic acid groups (broad SMARTS) is 1. The number of aromatic amines is 2. The highest BCUT2D eigenvalue weighted by Gasteiger charge is 2.11. The Kier molecular flexibility index (Phi) is 4.76. The average molecular weight is 423 g/mol. The van der Waals surface area contributed by atoms with E-state index in [2.05, 4.69) is 15.0 Å². The molecule has 0 radical (unpaired) electrons. The number of fused-ring (bicyclic) bond motifs is 3. The number of nitrogens with one attached hydrogen (secondary N) is 2. The number of benzene rings is 3. The lowest BCUT2D eigenvalue weighted by Crippen LogP contribution is -2.04. The van der Waals surface area contributed by atoms with E-state index in [4.69, 9.17) is 9.84 Å². The molecule has 2 heterocycles. The van der Waals surface area contributed by atoms with Crippen molar-refractivity contribution < 1.29 is 14.6 Å². The molecule has 7 nitrogen and oxygen atoms in total. The molecule has 0 bridgehead atoms. The molecule has 0 atom stereocenters. The first-order chi connectivity index (χ1) is 15.6. The fraction of sp³-hybridized carbons (Fsp3) is 0. The minimum atomic E-state index is -0.985. The van der Waals surface area contributed by atoms with Crippen LogP contribution in [0.1, 0.15) is 15.9 Å². The SMILES string of the molecule is O=C(O)c1ccc(Oc2ccc(N=Cc3c(=O)[nH]c4ccc5[nH]cccc5c34)cc2)cc1. The molecular formula is C25H17N3O4. The summed E-state index contributed by atoms with van der Waals surface area (Å²) in [7, 11) is 0. The molecule has 0 aliphatic rings. The van der Waals surface area contributed by atoms with Crippen LogP contribution in [-0.4, -0.2) is 27.3 Å². The Balaban J connectivity index is 1.40. The molecule has 0 aliphatic heterocycles. The number of aliphatic imine (C=N–C) groups is 1. The van der Waals surface area contributed by atoms with Gasteiger partial charge in [-0.15, -0.1) is 0 Å². The number of H-pyrrole nitrogens is 2. The van der Waals surface area contributed by atoms with Crippen molar-refractivity contribution in [3.8, 4) is 11.5 Å². The van der Waals surface area contributed by atoms with Crippen molar-refractivity contribution in [1.82, 2.24) is 9.97 Å². The van der Waals surface area contributed by atoms with E-state index in [0.717, 1.165) is 21.8 Å². The number of carbonyl (C=O) groups is 1. The van der Waals surface area contributed by atoms with Gasteiger partial charge in [-0.25, -0.2) is 4.79 Å². The van der Waals surface area contributed by atoms with Crippen LogP contribution in [0.15, 0.2) is 88.8 Å². The number of carboxylic acids is 1. The van der Waals surface area contributed by atoms with Crippen LogP contribution in [0.25, 0.3) is 21.8 Å². The third kappa shape index (κ3) is 3.63. The van der Waals surface area contributed by atoms with Gasteiger partial charge in [0, 0.05) is 34.2 Å². The first-order valence-corrected chi connectivity index (χ1v) is 9.86. The minimum Gasteiger partial charge on any atom is -0.478 e. The van der Waals surface area contributed by atoms with Crippen LogP contribution in [0.2, 0.25) is 0 Å². The molecule has 5 aromatic rings. The van der Waals surface area contributed by atoms with Crippen molar-refractivity contribution in [3.05, 3.63) is 100 Å². The van der Waals surface area contributed by atoms with E-state index in [0.29, 0.717) is 22.7 Å². The second kappa shape index (κ2) is 7.88. The van der Waals surface area contributed by atoms with E-state index in [1.54, 1.807) is 42.6 Å². The number of nitrogens with zero attached hydrogens (tertiary/aromatic N) is 1. The number of ether oxygens (including phenoxy) is 1. The zero-order valence-corrected chi connectivity index (χ0v) is 16.7. The summed E-state index contributed by atoms with van der Waals surface area (Å²) in [5, 5.41) is 10.7. The van der Waals surface area contributed by atoms with Crippen LogP contribution >= 0.6 is 0 Å². The molecule has 32 heavy (non-hydrogen) atoms. The van der Waals surface area contributed by atoms with E-state index < -0.39 is 5.97 Å². The van der Waals surface area contributed by atoms with Crippen molar-refractivity contribution in [2.24, 2.45) is 4.99 Å². The van der Waals surface area contributed by atoms with E-state index in [-0.39, 0.29) is 11.1 Å². The molecule has 0 saturated heterocycles. The van der Waals surface area contributed by atoms with Gasteiger partial charge in [0.25, 0.3) is 5.56 Å². The summed E-state index contributed by atoms with van der Waals surface area (Å²) in [6.45, 7) is 0. The van der Waals surface area contributed by atoms with E-state index in [1.807, 2.05) is 30.5 Å². The Hall–Kier alpha value is -4.65. The molecular weight excluding hydrogens is 406 g/mol. The topological polar surface area (TPSA) is 108 Å². The number of aromatic carboxylic acids is 1. The van der Waals surface area contributed by atoms with Gasteiger partial charge in [-0.2, -0.15) is 0 Å². The molecule has 0 saturated carbocycles. The van der Waals surface area contributed by atoms with Gasteiger partial charge < -0.3 is 19.8 Å². The Morgan fingerprint density at radius 2 is 1.59 bits per heavy atom. The van der Waals surface area contributed by atoms with Gasteiger partial charge >= 0.3 is 5.97 Å². The van der Waals surface area contributed by atoms with Crippen LogP contribution in [-0.2, 0) is 0 Å². The fourth-order valence-electron chi connectivity index (χ4n) is 3.56. The summed E-state index contributed by atoms with van der Waals surface area (Å²) in [5.41, 5.74) is 2.88. The quantitative estimate of drug-likeness (QED) is 0.336. The zero-order valence-electron chi connectivity index (χ0n) is 16.7. The summed E-state index contributed by atoms with van der Waals surface area (Å²) < 4.78 is 5.74. The van der Waals surface area contributed by atoms with Crippen molar-refractivity contribution in [2.75, 3.05) is 0 Å². The highest BCUT2D eigenvalue weighted by molar-refractivity contribution is 6.13. The van der Waals surface area contributed by atoms with E-state index in [1.165, 1.54) is 12.1 Å². The molecule has 2 aromatic heterocycles. The maximum Gasteiger partial charge on any atom is 0.335 e. The monoisotopic (exact) mass is 423 g/mol. The van der Waals surface area contributed by atoms with E-state index >= 15 is 0 Å². The molecule has 0 amide bonds. The average Bonchev–Trinajstić information content (AvgIpc) is 3.14. The second-order valence-electron chi connectivity index (χ2n) is 7.17. The smallest absolute Gasteiger partial charge is 0.335 e. The molecule has 7 heteroatoms. The van der Waals surface area contributed by atoms with Gasteiger partial charge in [-0.05, 0) is 66.7 Å². The Labute approximate surface area is 181 Å².